The number of hydrogen-bond donors (Lipinski definition) is 1. The summed E-state index contributed by atoms with van der Waals surface area (Å²) >= 11 is 7.63. The number of anilines is 1. The Morgan fingerprint density at radius 3 is 2.56 bits per heavy atom. The zero-order valence-electron chi connectivity index (χ0n) is 18.9. The number of pyridine rings is 2. The molecule has 0 bridgehead atoms. The van der Waals surface area contributed by atoms with E-state index in [2.05, 4.69) is 46.1 Å². The van der Waals surface area contributed by atoms with Crippen molar-refractivity contribution in [2.75, 3.05) is 31.1 Å². The number of carbonyl (C=O) groups is 2. The van der Waals surface area contributed by atoms with Gasteiger partial charge in [-0.05, 0) is 61.5 Å². The van der Waals surface area contributed by atoms with Crippen LogP contribution in [0.2, 0.25) is 5.02 Å². The van der Waals surface area contributed by atoms with Gasteiger partial charge in [-0.2, -0.15) is 0 Å². The van der Waals surface area contributed by atoms with Crippen molar-refractivity contribution >= 4 is 57.2 Å². The number of halogens is 1. The maximum absolute atomic E-state index is 11.9. The molecule has 2 aliphatic heterocycles. The number of imide groups is 1. The molecule has 2 aliphatic rings. The average molecular weight is 494 g/mol. The standard InChI is InChI=1S/C25H24ClN5O2S/c1-15(2)30-7-9-31(10-8-30)21-6-4-16(11-20(21)26)19-14-27-13-17-3-5-18(28-23(17)19)12-22-24(32)29-25(33)34-22/h3-6,11-15H,7-10H2,1-2H3,(H,29,32,33). The van der Waals surface area contributed by atoms with Gasteiger partial charge in [0.05, 0.1) is 26.8 Å². The van der Waals surface area contributed by atoms with Crippen LogP contribution in [0.25, 0.3) is 28.1 Å². The van der Waals surface area contributed by atoms with Gasteiger partial charge in [0.2, 0.25) is 0 Å². The lowest BCUT2D eigenvalue weighted by Gasteiger charge is -2.38. The summed E-state index contributed by atoms with van der Waals surface area (Å²) in [5.41, 5.74) is 4.17. The van der Waals surface area contributed by atoms with Crippen LogP contribution in [-0.4, -0.2) is 58.2 Å². The van der Waals surface area contributed by atoms with E-state index >= 15 is 0 Å². The Morgan fingerprint density at radius 1 is 1.09 bits per heavy atom. The number of rotatable bonds is 4. The Balaban J connectivity index is 1.46. The van der Waals surface area contributed by atoms with Crippen molar-refractivity contribution in [1.82, 2.24) is 20.2 Å². The second-order valence-corrected chi connectivity index (χ2v) is 10.1. The highest BCUT2D eigenvalue weighted by atomic mass is 35.5. The molecule has 0 aliphatic carbocycles. The summed E-state index contributed by atoms with van der Waals surface area (Å²) in [7, 11) is 0. The molecule has 0 spiro atoms. The maximum Gasteiger partial charge on any atom is 0.290 e. The largest absolute Gasteiger partial charge is 0.368 e. The van der Waals surface area contributed by atoms with E-state index < -0.39 is 5.91 Å². The number of fused-ring (bicyclic) bond motifs is 1. The number of amides is 2. The van der Waals surface area contributed by atoms with Gasteiger partial charge in [-0.1, -0.05) is 17.7 Å². The lowest BCUT2D eigenvalue weighted by molar-refractivity contribution is -0.115. The predicted octanol–water partition coefficient (Wildman–Crippen LogP) is 4.80. The number of hydrogen-bond acceptors (Lipinski definition) is 7. The Labute approximate surface area is 207 Å². The second kappa shape index (κ2) is 9.37. The van der Waals surface area contributed by atoms with E-state index in [9.17, 15) is 9.59 Å². The number of benzene rings is 1. The molecule has 9 heteroatoms. The summed E-state index contributed by atoms with van der Waals surface area (Å²) in [4.78, 5) is 37.7. The molecule has 34 heavy (non-hydrogen) atoms. The van der Waals surface area contributed by atoms with Crippen molar-refractivity contribution in [2.45, 2.75) is 19.9 Å². The highest BCUT2D eigenvalue weighted by molar-refractivity contribution is 8.18. The van der Waals surface area contributed by atoms with E-state index in [0.29, 0.717) is 21.7 Å². The summed E-state index contributed by atoms with van der Waals surface area (Å²) in [5, 5.41) is 3.47. The van der Waals surface area contributed by atoms with Crippen LogP contribution >= 0.6 is 23.4 Å². The molecule has 5 rings (SSSR count). The molecule has 0 saturated carbocycles. The van der Waals surface area contributed by atoms with Gasteiger partial charge in [0, 0.05) is 55.6 Å². The number of nitrogens with zero attached hydrogens (tertiary/aromatic N) is 4. The van der Waals surface area contributed by atoms with E-state index in [4.69, 9.17) is 16.6 Å². The van der Waals surface area contributed by atoms with Gasteiger partial charge < -0.3 is 4.90 Å². The van der Waals surface area contributed by atoms with E-state index in [1.807, 2.05) is 18.2 Å². The van der Waals surface area contributed by atoms with E-state index in [0.717, 1.165) is 65.7 Å². The molecule has 0 atom stereocenters. The smallest absolute Gasteiger partial charge is 0.290 e. The van der Waals surface area contributed by atoms with Crippen molar-refractivity contribution in [3.63, 3.8) is 0 Å². The molecule has 0 radical (unpaired) electrons. The normalized spacial score (nSPS) is 18.4. The average Bonchev–Trinajstić information content (AvgIpc) is 3.15. The van der Waals surface area contributed by atoms with Crippen molar-refractivity contribution < 1.29 is 9.59 Å². The first-order valence-electron chi connectivity index (χ1n) is 11.2. The Hall–Kier alpha value is -2.94. The molecule has 7 nitrogen and oxygen atoms in total. The lowest BCUT2D eigenvalue weighted by Crippen LogP contribution is -2.49. The van der Waals surface area contributed by atoms with Crippen LogP contribution in [0.5, 0.6) is 0 Å². The van der Waals surface area contributed by atoms with Gasteiger partial charge in [-0.25, -0.2) is 4.98 Å². The predicted molar refractivity (Wildman–Crippen MR) is 138 cm³/mol. The Morgan fingerprint density at radius 2 is 1.88 bits per heavy atom. The van der Waals surface area contributed by atoms with Crippen molar-refractivity contribution in [3.05, 3.63) is 58.3 Å². The SMILES string of the molecule is CC(C)N1CCN(c2ccc(-c3cncc4ccc(C=C5SC(=O)NC5=O)nc34)cc2Cl)CC1. The summed E-state index contributed by atoms with van der Waals surface area (Å²) in [6.45, 7) is 8.39. The van der Waals surface area contributed by atoms with E-state index in [-0.39, 0.29) is 5.24 Å². The van der Waals surface area contributed by atoms with Crippen LogP contribution in [0, 0.1) is 0 Å². The van der Waals surface area contributed by atoms with Crippen molar-refractivity contribution in [1.29, 1.82) is 0 Å². The fraction of sp³-hybridized carbons (Fsp3) is 0.280. The third-order valence-corrected chi connectivity index (χ3v) is 7.30. The van der Waals surface area contributed by atoms with Gasteiger partial charge in [0.25, 0.3) is 11.1 Å². The molecular formula is C25H24ClN5O2S. The molecule has 2 aromatic heterocycles. The minimum Gasteiger partial charge on any atom is -0.368 e. The monoisotopic (exact) mass is 493 g/mol. The van der Waals surface area contributed by atoms with Crippen LogP contribution in [0.4, 0.5) is 10.5 Å². The molecule has 2 saturated heterocycles. The molecule has 174 valence electrons. The first-order valence-corrected chi connectivity index (χ1v) is 12.4. The fourth-order valence-corrected chi connectivity index (χ4v) is 5.28. The summed E-state index contributed by atoms with van der Waals surface area (Å²) < 4.78 is 0. The van der Waals surface area contributed by atoms with Crippen LogP contribution < -0.4 is 10.2 Å². The van der Waals surface area contributed by atoms with Crippen LogP contribution in [0.15, 0.2) is 47.6 Å². The molecule has 4 heterocycles. The minimum atomic E-state index is -0.400. The highest BCUT2D eigenvalue weighted by Crippen LogP contribution is 2.34. The number of thioether (sulfide) groups is 1. The number of piperazine rings is 1. The highest BCUT2D eigenvalue weighted by Gasteiger charge is 2.25. The molecule has 2 amide bonds. The number of nitrogens with one attached hydrogen (secondary N) is 1. The second-order valence-electron chi connectivity index (χ2n) is 8.63. The molecule has 0 unspecified atom stereocenters. The summed E-state index contributed by atoms with van der Waals surface area (Å²) in [5.74, 6) is -0.400. The van der Waals surface area contributed by atoms with Gasteiger partial charge >= 0.3 is 0 Å². The van der Waals surface area contributed by atoms with Gasteiger partial charge in [-0.15, -0.1) is 0 Å². The minimum absolute atomic E-state index is 0.331. The molecule has 1 aromatic carbocycles. The molecule has 2 fully saturated rings. The zero-order valence-corrected chi connectivity index (χ0v) is 20.5. The summed E-state index contributed by atoms with van der Waals surface area (Å²) in [6.07, 6.45) is 5.16. The van der Waals surface area contributed by atoms with Gasteiger partial charge in [-0.3, -0.25) is 24.8 Å². The number of carbonyl (C=O) groups excluding carboxylic acids is 2. The maximum atomic E-state index is 11.9. The molecular weight excluding hydrogens is 470 g/mol. The van der Waals surface area contributed by atoms with Crippen molar-refractivity contribution in [3.8, 4) is 11.1 Å². The van der Waals surface area contributed by atoms with Crippen molar-refractivity contribution in [2.24, 2.45) is 0 Å². The lowest BCUT2D eigenvalue weighted by atomic mass is 10.0. The first-order chi connectivity index (χ1) is 16.4. The summed E-state index contributed by atoms with van der Waals surface area (Å²) in [6, 6.07) is 10.4. The fourth-order valence-electron chi connectivity index (χ4n) is 4.32. The van der Waals surface area contributed by atoms with Crippen LogP contribution in [-0.2, 0) is 4.79 Å². The molecule has 3 aromatic rings. The van der Waals surface area contributed by atoms with Gasteiger partial charge in [0.1, 0.15) is 0 Å². The van der Waals surface area contributed by atoms with Crippen LogP contribution in [0.1, 0.15) is 19.5 Å². The van der Waals surface area contributed by atoms with Crippen LogP contribution in [0.3, 0.4) is 0 Å². The van der Waals surface area contributed by atoms with E-state index in [1.54, 1.807) is 18.5 Å². The topological polar surface area (TPSA) is 78.4 Å². The van der Waals surface area contributed by atoms with Gasteiger partial charge in [0.15, 0.2) is 0 Å². The molecule has 1 N–H and O–H groups in total. The number of aromatic nitrogens is 2. The third kappa shape index (κ3) is 4.53. The Kier molecular flexibility index (Phi) is 6.29. The zero-order chi connectivity index (χ0) is 23.8. The first kappa shape index (κ1) is 22.8. The Bertz CT molecular complexity index is 1320. The van der Waals surface area contributed by atoms with E-state index in [1.165, 1.54) is 0 Å². The quantitative estimate of drug-likeness (QED) is 0.523. The third-order valence-electron chi connectivity index (χ3n) is 6.19.